The van der Waals surface area contributed by atoms with Crippen molar-refractivity contribution in [3.8, 4) is 0 Å². The summed E-state index contributed by atoms with van der Waals surface area (Å²) in [5.41, 5.74) is 1.60. The van der Waals surface area contributed by atoms with Crippen LogP contribution in [-0.4, -0.2) is 62.1 Å². The van der Waals surface area contributed by atoms with Crippen LogP contribution in [0.5, 0.6) is 0 Å². The van der Waals surface area contributed by atoms with Crippen LogP contribution in [0.25, 0.3) is 0 Å². The van der Waals surface area contributed by atoms with Crippen LogP contribution < -0.4 is 0 Å². The van der Waals surface area contributed by atoms with Gasteiger partial charge in [-0.25, -0.2) is 0 Å². The maximum atomic E-state index is 11.8. The molecule has 0 saturated carbocycles. The highest BCUT2D eigenvalue weighted by atomic mass is 16.5. The second kappa shape index (κ2) is 7.66. The van der Waals surface area contributed by atoms with E-state index in [1.807, 2.05) is 4.90 Å². The Balaban J connectivity index is 1.54. The third kappa shape index (κ3) is 3.81. The molecule has 2 saturated heterocycles. The Morgan fingerprint density at radius 1 is 1.29 bits per heavy atom. The van der Waals surface area contributed by atoms with Gasteiger partial charge in [-0.1, -0.05) is 30.3 Å². The number of carbonyl (C=O) groups excluding carboxylic acids is 1. The molecule has 2 fully saturated rings. The summed E-state index contributed by atoms with van der Waals surface area (Å²) in [6.45, 7) is 7.61. The molecule has 2 atom stereocenters. The normalized spacial score (nSPS) is 27.2. The van der Waals surface area contributed by atoms with Crippen molar-refractivity contribution in [2.45, 2.75) is 26.2 Å². The van der Waals surface area contributed by atoms with Crippen molar-refractivity contribution in [2.24, 2.45) is 11.3 Å². The molecule has 0 radical (unpaired) electrons. The molecule has 24 heavy (non-hydrogen) atoms. The van der Waals surface area contributed by atoms with Gasteiger partial charge in [0, 0.05) is 39.1 Å². The van der Waals surface area contributed by atoms with Crippen molar-refractivity contribution >= 4 is 5.91 Å². The predicted molar refractivity (Wildman–Crippen MR) is 95.9 cm³/mol. The van der Waals surface area contributed by atoms with Gasteiger partial charge in [-0.3, -0.25) is 4.79 Å². The van der Waals surface area contributed by atoms with E-state index in [0.29, 0.717) is 5.92 Å². The molecule has 2 aliphatic rings. The molecule has 2 heterocycles. The molecular formula is C20H30N2O2. The monoisotopic (exact) mass is 330 g/mol. The minimum atomic E-state index is 0.177. The number of aryl methyl sites for hydroxylation is 1. The average Bonchev–Trinajstić information content (AvgIpc) is 2.95. The third-order valence-corrected chi connectivity index (χ3v) is 5.88. The van der Waals surface area contributed by atoms with Gasteiger partial charge in [-0.15, -0.1) is 0 Å². The fourth-order valence-corrected chi connectivity index (χ4v) is 4.47. The zero-order valence-electron chi connectivity index (χ0n) is 15.0. The van der Waals surface area contributed by atoms with Crippen molar-refractivity contribution < 1.29 is 9.53 Å². The topological polar surface area (TPSA) is 32.8 Å². The zero-order valence-corrected chi connectivity index (χ0v) is 15.0. The third-order valence-electron chi connectivity index (χ3n) is 5.88. The SMILES string of the molecule is COC[C@@]12CCN(CCCc3ccccc3)C[C@@H]1CN(C(C)=O)C2. The lowest BCUT2D eigenvalue weighted by molar-refractivity contribution is -0.128. The number of methoxy groups -OCH3 is 1. The lowest BCUT2D eigenvalue weighted by Crippen LogP contribution is -2.49. The summed E-state index contributed by atoms with van der Waals surface area (Å²) in [5.74, 6) is 0.752. The number of carbonyl (C=O) groups is 1. The molecule has 3 rings (SSSR count). The number of amides is 1. The molecule has 132 valence electrons. The van der Waals surface area contributed by atoms with Gasteiger partial charge in [-0.05, 0) is 43.8 Å². The quantitative estimate of drug-likeness (QED) is 0.803. The van der Waals surface area contributed by atoms with Crippen molar-refractivity contribution in [3.05, 3.63) is 35.9 Å². The second-order valence-electron chi connectivity index (χ2n) is 7.53. The van der Waals surface area contributed by atoms with E-state index in [0.717, 1.165) is 52.2 Å². The standard InChI is InChI=1S/C20H30N2O2/c1-17(23)22-14-19-13-21(12-10-20(19,15-22)16-24-2)11-6-9-18-7-4-3-5-8-18/h3-5,7-8,19H,6,9-16H2,1-2H3/t19-,20+/m1/s1. The Labute approximate surface area is 145 Å². The minimum absolute atomic E-state index is 0.177. The number of ether oxygens (including phenoxy) is 1. The van der Waals surface area contributed by atoms with Crippen LogP contribution in [0.1, 0.15) is 25.3 Å². The van der Waals surface area contributed by atoms with Crippen LogP contribution in [0.3, 0.4) is 0 Å². The number of hydrogen-bond donors (Lipinski definition) is 0. The Morgan fingerprint density at radius 2 is 2.08 bits per heavy atom. The fraction of sp³-hybridized carbons (Fsp3) is 0.650. The van der Waals surface area contributed by atoms with E-state index in [4.69, 9.17) is 4.74 Å². The number of rotatable bonds is 6. The van der Waals surface area contributed by atoms with Crippen molar-refractivity contribution in [1.82, 2.24) is 9.80 Å². The highest BCUT2D eigenvalue weighted by Gasteiger charge is 2.49. The molecular weight excluding hydrogens is 300 g/mol. The summed E-state index contributed by atoms with van der Waals surface area (Å²) < 4.78 is 5.53. The maximum Gasteiger partial charge on any atom is 0.219 e. The molecule has 2 aliphatic heterocycles. The van der Waals surface area contributed by atoms with Crippen LogP contribution >= 0.6 is 0 Å². The van der Waals surface area contributed by atoms with Gasteiger partial charge in [0.15, 0.2) is 0 Å². The van der Waals surface area contributed by atoms with E-state index < -0.39 is 0 Å². The zero-order chi connectivity index (χ0) is 17.0. The van der Waals surface area contributed by atoms with E-state index in [1.165, 1.54) is 12.0 Å². The number of likely N-dealkylation sites (tertiary alicyclic amines) is 2. The van der Waals surface area contributed by atoms with Crippen molar-refractivity contribution in [2.75, 3.05) is 46.4 Å². The highest BCUT2D eigenvalue weighted by molar-refractivity contribution is 5.73. The van der Waals surface area contributed by atoms with Gasteiger partial charge in [0.05, 0.1) is 6.61 Å². The van der Waals surface area contributed by atoms with Gasteiger partial charge in [0.1, 0.15) is 0 Å². The van der Waals surface area contributed by atoms with E-state index in [-0.39, 0.29) is 11.3 Å². The van der Waals surface area contributed by atoms with Crippen LogP contribution in [0.2, 0.25) is 0 Å². The lowest BCUT2D eigenvalue weighted by atomic mass is 9.73. The molecule has 0 aliphatic carbocycles. The van der Waals surface area contributed by atoms with Crippen LogP contribution in [0, 0.1) is 11.3 Å². The van der Waals surface area contributed by atoms with Gasteiger partial charge in [-0.2, -0.15) is 0 Å². The molecule has 0 aromatic heterocycles. The smallest absolute Gasteiger partial charge is 0.219 e. The minimum Gasteiger partial charge on any atom is -0.384 e. The van der Waals surface area contributed by atoms with Crippen LogP contribution in [0.15, 0.2) is 30.3 Å². The molecule has 0 unspecified atom stereocenters. The summed E-state index contributed by atoms with van der Waals surface area (Å²) in [6, 6.07) is 10.7. The molecule has 0 spiro atoms. The number of piperidine rings is 1. The first-order valence-electron chi connectivity index (χ1n) is 9.14. The molecule has 0 bridgehead atoms. The van der Waals surface area contributed by atoms with E-state index in [9.17, 15) is 4.79 Å². The largest absolute Gasteiger partial charge is 0.384 e. The molecule has 4 nitrogen and oxygen atoms in total. The summed E-state index contributed by atoms with van der Waals surface area (Å²) >= 11 is 0. The molecule has 1 aromatic rings. The van der Waals surface area contributed by atoms with Gasteiger partial charge in [0.25, 0.3) is 0 Å². The van der Waals surface area contributed by atoms with Gasteiger partial charge in [0.2, 0.25) is 5.91 Å². The predicted octanol–water partition coefficient (Wildman–Crippen LogP) is 2.44. The number of fused-ring (bicyclic) bond motifs is 1. The second-order valence-corrected chi connectivity index (χ2v) is 7.53. The first-order valence-corrected chi connectivity index (χ1v) is 9.14. The van der Waals surface area contributed by atoms with E-state index in [1.54, 1.807) is 14.0 Å². The Morgan fingerprint density at radius 3 is 2.79 bits per heavy atom. The first-order chi connectivity index (χ1) is 11.6. The highest BCUT2D eigenvalue weighted by Crippen LogP contribution is 2.43. The summed E-state index contributed by atoms with van der Waals surface area (Å²) in [5, 5.41) is 0. The number of nitrogens with zero attached hydrogens (tertiary/aromatic N) is 2. The summed E-state index contributed by atoms with van der Waals surface area (Å²) in [6.07, 6.45) is 3.48. The Bertz CT molecular complexity index is 548. The van der Waals surface area contributed by atoms with Crippen LogP contribution in [-0.2, 0) is 16.0 Å². The number of hydrogen-bond acceptors (Lipinski definition) is 3. The lowest BCUT2D eigenvalue weighted by Gasteiger charge is -2.43. The summed E-state index contributed by atoms with van der Waals surface area (Å²) in [4.78, 5) is 16.4. The molecule has 1 aromatic carbocycles. The van der Waals surface area contributed by atoms with E-state index >= 15 is 0 Å². The summed E-state index contributed by atoms with van der Waals surface area (Å²) in [7, 11) is 1.79. The van der Waals surface area contributed by atoms with E-state index in [2.05, 4.69) is 35.2 Å². The average molecular weight is 330 g/mol. The maximum absolute atomic E-state index is 11.8. The Kier molecular flexibility index (Phi) is 5.57. The van der Waals surface area contributed by atoms with Gasteiger partial charge < -0.3 is 14.5 Å². The first kappa shape index (κ1) is 17.4. The fourth-order valence-electron chi connectivity index (χ4n) is 4.47. The van der Waals surface area contributed by atoms with Crippen molar-refractivity contribution in [1.29, 1.82) is 0 Å². The van der Waals surface area contributed by atoms with Gasteiger partial charge >= 0.3 is 0 Å². The van der Waals surface area contributed by atoms with Crippen LogP contribution in [0.4, 0.5) is 0 Å². The molecule has 1 amide bonds. The molecule has 4 heteroatoms. The molecule has 0 N–H and O–H groups in total. The Hall–Kier alpha value is -1.39. The van der Waals surface area contributed by atoms with Crippen molar-refractivity contribution in [3.63, 3.8) is 0 Å². The number of benzene rings is 1.